The zero-order chi connectivity index (χ0) is 32.4. The molecule has 5 aromatic rings. The van der Waals surface area contributed by atoms with Crippen LogP contribution < -0.4 is 15.6 Å². The summed E-state index contributed by atoms with van der Waals surface area (Å²) in [5, 5.41) is 22.8. The quantitative estimate of drug-likeness (QED) is 0.101. The molecule has 10 nitrogen and oxygen atoms in total. The fourth-order valence-electron chi connectivity index (χ4n) is 5.79. The fourth-order valence-corrected chi connectivity index (χ4v) is 5.92. The minimum absolute atomic E-state index is 0.389. The monoisotopic (exact) mass is 634 g/mol. The number of benzene rings is 5. The number of anilines is 2. The van der Waals surface area contributed by atoms with Crippen molar-refractivity contribution < 1.29 is 19.6 Å². The number of rotatable bonds is 7. The summed E-state index contributed by atoms with van der Waals surface area (Å²) >= 11 is 5.94. The SMILES string of the molecule is CC1(C)C(N(O)C(=O)Nc2cccc3ccccc23)N(c2cccc3ccccc23)C(=O)N1CC(=O)NN=Cc1ccc(Cl)cc1. The van der Waals surface area contributed by atoms with E-state index in [4.69, 9.17) is 11.6 Å². The molecular formula is C35H31ClN6O4. The van der Waals surface area contributed by atoms with Gasteiger partial charge >= 0.3 is 12.1 Å². The number of nitrogens with zero attached hydrogens (tertiary/aromatic N) is 4. The second-order valence-electron chi connectivity index (χ2n) is 11.4. The zero-order valence-corrected chi connectivity index (χ0v) is 25.8. The third-order valence-electron chi connectivity index (χ3n) is 8.08. The van der Waals surface area contributed by atoms with Gasteiger partial charge in [-0.3, -0.25) is 14.9 Å². The van der Waals surface area contributed by atoms with Gasteiger partial charge in [0.2, 0.25) is 0 Å². The van der Waals surface area contributed by atoms with Crippen molar-refractivity contribution in [2.24, 2.45) is 5.10 Å². The molecule has 1 aliphatic heterocycles. The van der Waals surface area contributed by atoms with Gasteiger partial charge in [-0.05, 0) is 54.4 Å². The summed E-state index contributed by atoms with van der Waals surface area (Å²) < 4.78 is 0. The number of halogens is 1. The van der Waals surface area contributed by atoms with Crippen molar-refractivity contribution in [3.63, 3.8) is 0 Å². The van der Waals surface area contributed by atoms with E-state index in [0.717, 1.165) is 27.1 Å². The lowest BCUT2D eigenvalue weighted by Crippen LogP contribution is -2.58. The standard InChI is InChI=1S/C35H31ClN6O4/c1-35(2)32(42(46)33(44)38-29-15-7-11-24-9-3-5-13-27(24)29)41(30-16-8-12-25-10-4-6-14-28(25)30)34(45)40(35)22-31(43)39-37-21-23-17-19-26(36)20-18-23/h3-21,32,46H,22H2,1-2H3,(H,38,44)(H,39,43). The summed E-state index contributed by atoms with van der Waals surface area (Å²) in [4.78, 5) is 43.7. The van der Waals surface area contributed by atoms with Crippen molar-refractivity contribution in [2.45, 2.75) is 25.6 Å². The van der Waals surface area contributed by atoms with Crippen LogP contribution in [0.25, 0.3) is 21.5 Å². The maximum Gasteiger partial charge on any atom is 0.347 e. The van der Waals surface area contributed by atoms with E-state index in [9.17, 15) is 19.6 Å². The number of amides is 5. The topological polar surface area (TPSA) is 118 Å². The highest BCUT2D eigenvalue weighted by atomic mass is 35.5. The van der Waals surface area contributed by atoms with Crippen LogP contribution in [0.3, 0.4) is 0 Å². The minimum atomic E-state index is -1.25. The van der Waals surface area contributed by atoms with Crippen LogP contribution in [0.5, 0.6) is 0 Å². The molecule has 0 aromatic heterocycles. The molecule has 5 amide bonds. The number of hydrazone groups is 1. The molecule has 5 aromatic carbocycles. The summed E-state index contributed by atoms with van der Waals surface area (Å²) in [7, 11) is 0. The van der Waals surface area contributed by atoms with Crippen molar-refractivity contribution in [3.8, 4) is 0 Å². The molecule has 1 saturated heterocycles. The largest absolute Gasteiger partial charge is 0.347 e. The van der Waals surface area contributed by atoms with E-state index in [1.807, 2.05) is 60.7 Å². The van der Waals surface area contributed by atoms with Gasteiger partial charge < -0.3 is 10.2 Å². The predicted octanol–water partition coefficient (Wildman–Crippen LogP) is 7.07. The molecule has 1 fully saturated rings. The van der Waals surface area contributed by atoms with Crippen molar-refractivity contribution in [1.82, 2.24) is 15.4 Å². The van der Waals surface area contributed by atoms with Crippen LogP contribution in [0.4, 0.5) is 21.0 Å². The van der Waals surface area contributed by atoms with Gasteiger partial charge in [-0.2, -0.15) is 10.2 Å². The van der Waals surface area contributed by atoms with Crippen LogP contribution in [-0.4, -0.2) is 57.6 Å². The van der Waals surface area contributed by atoms with Gasteiger partial charge in [-0.25, -0.2) is 15.0 Å². The number of hydrogen-bond donors (Lipinski definition) is 3. The van der Waals surface area contributed by atoms with Crippen molar-refractivity contribution in [2.75, 3.05) is 16.8 Å². The first-order valence-corrected chi connectivity index (χ1v) is 15.0. The van der Waals surface area contributed by atoms with E-state index in [0.29, 0.717) is 21.5 Å². The zero-order valence-electron chi connectivity index (χ0n) is 25.1. The van der Waals surface area contributed by atoms with Gasteiger partial charge in [-0.15, -0.1) is 0 Å². The van der Waals surface area contributed by atoms with Gasteiger partial charge in [0.15, 0.2) is 6.17 Å². The number of carbonyl (C=O) groups is 3. The van der Waals surface area contributed by atoms with Gasteiger partial charge in [0.25, 0.3) is 5.91 Å². The highest BCUT2D eigenvalue weighted by Gasteiger charge is 2.56. The smallest absolute Gasteiger partial charge is 0.306 e. The van der Waals surface area contributed by atoms with Crippen LogP contribution >= 0.6 is 11.6 Å². The Morgan fingerprint density at radius 2 is 1.50 bits per heavy atom. The molecule has 1 atom stereocenters. The minimum Gasteiger partial charge on any atom is -0.306 e. The van der Waals surface area contributed by atoms with Gasteiger partial charge in [-0.1, -0.05) is 96.5 Å². The predicted molar refractivity (Wildman–Crippen MR) is 180 cm³/mol. The summed E-state index contributed by atoms with van der Waals surface area (Å²) in [5.41, 5.74) is 2.90. The molecule has 1 unspecified atom stereocenters. The normalized spacial score (nSPS) is 15.9. The van der Waals surface area contributed by atoms with E-state index in [1.54, 1.807) is 62.4 Å². The average molecular weight is 635 g/mol. The summed E-state index contributed by atoms with van der Waals surface area (Å²) in [5.74, 6) is -0.560. The van der Waals surface area contributed by atoms with Crippen LogP contribution in [0.15, 0.2) is 114 Å². The third-order valence-corrected chi connectivity index (χ3v) is 8.33. The van der Waals surface area contributed by atoms with Crippen molar-refractivity contribution in [3.05, 3.63) is 120 Å². The molecule has 3 N–H and O–H groups in total. The lowest BCUT2D eigenvalue weighted by atomic mass is 9.99. The molecule has 0 aliphatic carbocycles. The maximum atomic E-state index is 14.2. The Hall–Kier alpha value is -5.45. The van der Waals surface area contributed by atoms with E-state index >= 15 is 0 Å². The van der Waals surface area contributed by atoms with Gasteiger partial charge in [0, 0.05) is 15.8 Å². The number of hydroxylamine groups is 2. The van der Waals surface area contributed by atoms with Crippen LogP contribution in [0, 0.1) is 0 Å². The second kappa shape index (κ2) is 12.5. The molecule has 46 heavy (non-hydrogen) atoms. The molecule has 0 spiro atoms. The van der Waals surface area contributed by atoms with E-state index in [2.05, 4.69) is 15.8 Å². The number of carbonyl (C=O) groups excluding carboxylic acids is 3. The summed E-state index contributed by atoms with van der Waals surface area (Å²) in [6.45, 7) is 3.00. The van der Waals surface area contributed by atoms with Crippen molar-refractivity contribution >= 4 is 68.7 Å². The molecule has 232 valence electrons. The van der Waals surface area contributed by atoms with Gasteiger partial charge in [0.05, 0.1) is 23.1 Å². The first kappa shape index (κ1) is 30.6. The fraction of sp³-hybridized carbons (Fsp3) is 0.143. The third kappa shape index (κ3) is 5.83. The Labute approximate surface area is 270 Å². The Bertz CT molecular complexity index is 1970. The number of hydrogen-bond acceptors (Lipinski definition) is 5. The second-order valence-corrected chi connectivity index (χ2v) is 11.8. The molecular weight excluding hydrogens is 604 g/mol. The maximum absolute atomic E-state index is 14.2. The Morgan fingerprint density at radius 1 is 0.891 bits per heavy atom. The molecule has 0 radical (unpaired) electrons. The van der Waals surface area contributed by atoms with Crippen LogP contribution in [-0.2, 0) is 4.79 Å². The van der Waals surface area contributed by atoms with Gasteiger partial charge in [0.1, 0.15) is 6.54 Å². The van der Waals surface area contributed by atoms with E-state index in [1.165, 1.54) is 16.0 Å². The Morgan fingerprint density at radius 3 is 2.22 bits per heavy atom. The molecule has 11 heteroatoms. The Kier molecular flexibility index (Phi) is 8.31. The molecule has 6 rings (SSSR count). The number of fused-ring (bicyclic) bond motifs is 2. The highest BCUT2D eigenvalue weighted by Crippen LogP contribution is 2.40. The lowest BCUT2D eigenvalue weighted by Gasteiger charge is -2.38. The molecule has 0 saturated carbocycles. The first-order chi connectivity index (χ1) is 22.1. The first-order valence-electron chi connectivity index (χ1n) is 14.6. The Balaban J connectivity index is 1.32. The molecule has 1 aliphatic rings. The summed E-state index contributed by atoms with van der Waals surface area (Å²) in [6.07, 6.45) is 0.231. The van der Waals surface area contributed by atoms with Crippen LogP contribution in [0.2, 0.25) is 5.02 Å². The lowest BCUT2D eigenvalue weighted by molar-refractivity contribution is -0.124. The van der Waals surface area contributed by atoms with Crippen LogP contribution in [0.1, 0.15) is 19.4 Å². The van der Waals surface area contributed by atoms with Crippen molar-refractivity contribution in [1.29, 1.82) is 0 Å². The van der Waals surface area contributed by atoms with E-state index in [-0.39, 0.29) is 6.54 Å². The highest BCUT2D eigenvalue weighted by molar-refractivity contribution is 6.30. The molecule has 1 heterocycles. The summed E-state index contributed by atoms with van der Waals surface area (Å²) in [6, 6.07) is 31.5. The number of urea groups is 2. The van der Waals surface area contributed by atoms with E-state index < -0.39 is 29.7 Å². The number of nitrogens with one attached hydrogen (secondary N) is 2. The molecule has 0 bridgehead atoms. The average Bonchev–Trinajstić information content (AvgIpc) is 3.25.